The molecule has 0 fully saturated rings. The van der Waals surface area contributed by atoms with Gasteiger partial charge in [0.05, 0.1) is 0 Å². The molecule has 0 N–H and O–H groups in total. The highest BCUT2D eigenvalue weighted by Gasteiger charge is 2.17. The van der Waals surface area contributed by atoms with Crippen molar-refractivity contribution in [3.8, 4) is 0 Å². The van der Waals surface area contributed by atoms with Gasteiger partial charge >= 0.3 is 0 Å². The van der Waals surface area contributed by atoms with Gasteiger partial charge in [0.15, 0.2) is 0 Å². The van der Waals surface area contributed by atoms with Gasteiger partial charge in [-0.25, -0.2) is 0 Å². The van der Waals surface area contributed by atoms with E-state index >= 15 is 0 Å². The third-order valence-corrected chi connectivity index (χ3v) is 2.71. The van der Waals surface area contributed by atoms with Gasteiger partial charge in [-0.1, -0.05) is 25.5 Å². The SMILES string of the molecule is C=C1CC(=O)CC(CCCC)=C1C. The average molecular weight is 178 g/mol. The van der Waals surface area contributed by atoms with Crippen LogP contribution in [0.5, 0.6) is 0 Å². The standard InChI is InChI=1S/C12H18O/c1-4-5-6-11-8-12(13)7-9(2)10(11)3/h2,4-8H2,1,3H3. The number of carbonyl (C=O) groups excluding carboxylic acids is 1. The summed E-state index contributed by atoms with van der Waals surface area (Å²) in [6, 6.07) is 0. The summed E-state index contributed by atoms with van der Waals surface area (Å²) in [5.41, 5.74) is 3.64. The lowest BCUT2D eigenvalue weighted by atomic mass is 9.86. The molecule has 1 heteroatoms. The quantitative estimate of drug-likeness (QED) is 0.647. The van der Waals surface area contributed by atoms with Crippen LogP contribution < -0.4 is 0 Å². The molecule has 13 heavy (non-hydrogen) atoms. The van der Waals surface area contributed by atoms with E-state index in [9.17, 15) is 4.79 Å². The van der Waals surface area contributed by atoms with Gasteiger partial charge in [0.1, 0.15) is 5.78 Å². The minimum Gasteiger partial charge on any atom is -0.299 e. The fourth-order valence-corrected chi connectivity index (χ4v) is 1.72. The third-order valence-electron chi connectivity index (χ3n) is 2.71. The van der Waals surface area contributed by atoms with Crippen molar-refractivity contribution in [2.24, 2.45) is 0 Å². The molecule has 0 aromatic rings. The van der Waals surface area contributed by atoms with E-state index in [0.717, 1.165) is 12.0 Å². The lowest BCUT2D eigenvalue weighted by molar-refractivity contribution is -0.118. The highest BCUT2D eigenvalue weighted by molar-refractivity contribution is 5.86. The van der Waals surface area contributed by atoms with Gasteiger partial charge < -0.3 is 0 Å². The van der Waals surface area contributed by atoms with Crippen molar-refractivity contribution >= 4 is 5.78 Å². The summed E-state index contributed by atoms with van der Waals surface area (Å²) in [4.78, 5) is 11.3. The molecule has 0 aliphatic heterocycles. The summed E-state index contributed by atoms with van der Waals surface area (Å²) >= 11 is 0. The molecule has 72 valence electrons. The minimum absolute atomic E-state index is 0.335. The molecular formula is C12H18O. The first-order valence-electron chi connectivity index (χ1n) is 5.03. The molecule has 0 unspecified atom stereocenters. The van der Waals surface area contributed by atoms with E-state index in [0.29, 0.717) is 18.6 Å². The normalized spacial score (nSPS) is 18.3. The number of carbonyl (C=O) groups is 1. The lowest BCUT2D eigenvalue weighted by Gasteiger charge is -2.18. The molecule has 0 amide bonds. The van der Waals surface area contributed by atoms with Crippen molar-refractivity contribution in [2.45, 2.75) is 46.0 Å². The maximum absolute atomic E-state index is 11.3. The van der Waals surface area contributed by atoms with Crippen LogP contribution in [-0.4, -0.2) is 5.78 Å². The van der Waals surface area contributed by atoms with Crippen LogP contribution in [-0.2, 0) is 4.79 Å². The van der Waals surface area contributed by atoms with E-state index in [1.54, 1.807) is 0 Å². The monoisotopic (exact) mass is 178 g/mol. The first-order valence-corrected chi connectivity index (χ1v) is 5.03. The van der Waals surface area contributed by atoms with Gasteiger partial charge in [-0.15, -0.1) is 0 Å². The Balaban J connectivity index is 2.72. The van der Waals surface area contributed by atoms with E-state index in [2.05, 4.69) is 20.4 Å². The molecule has 0 aromatic carbocycles. The molecule has 1 aliphatic rings. The van der Waals surface area contributed by atoms with Crippen LogP contribution in [0.25, 0.3) is 0 Å². The largest absolute Gasteiger partial charge is 0.299 e. The summed E-state index contributed by atoms with van der Waals surface area (Å²) in [6.07, 6.45) is 4.70. The number of allylic oxidation sites excluding steroid dienone is 3. The van der Waals surface area contributed by atoms with Crippen molar-refractivity contribution in [1.29, 1.82) is 0 Å². The van der Waals surface area contributed by atoms with Crippen molar-refractivity contribution in [3.05, 3.63) is 23.3 Å². The van der Waals surface area contributed by atoms with Crippen LogP contribution >= 0.6 is 0 Å². The highest BCUT2D eigenvalue weighted by Crippen LogP contribution is 2.28. The van der Waals surface area contributed by atoms with Crippen LogP contribution in [0.2, 0.25) is 0 Å². The number of Topliss-reactive ketones (excluding diaryl/α,β-unsaturated/α-hetero) is 1. The Kier molecular flexibility index (Phi) is 3.47. The molecule has 1 rings (SSSR count). The molecule has 0 spiro atoms. The smallest absolute Gasteiger partial charge is 0.141 e. The molecule has 0 aromatic heterocycles. The molecule has 0 heterocycles. The van der Waals surface area contributed by atoms with Crippen molar-refractivity contribution < 1.29 is 4.79 Å². The molecule has 0 atom stereocenters. The molecule has 0 saturated carbocycles. The second-order valence-corrected chi connectivity index (χ2v) is 3.83. The fourth-order valence-electron chi connectivity index (χ4n) is 1.72. The fraction of sp³-hybridized carbons (Fsp3) is 0.583. The molecule has 1 nitrogen and oxygen atoms in total. The van der Waals surface area contributed by atoms with Gasteiger partial charge in [0.25, 0.3) is 0 Å². The lowest BCUT2D eigenvalue weighted by Crippen LogP contribution is -2.10. The first-order chi connectivity index (χ1) is 6.15. The van der Waals surface area contributed by atoms with Gasteiger partial charge in [-0.3, -0.25) is 4.79 Å². The Morgan fingerprint density at radius 1 is 1.38 bits per heavy atom. The third kappa shape index (κ3) is 2.55. The summed E-state index contributed by atoms with van der Waals surface area (Å²) in [6.45, 7) is 8.20. The topological polar surface area (TPSA) is 17.1 Å². The second kappa shape index (κ2) is 4.40. The Morgan fingerprint density at radius 2 is 2.08 bits per heavy atom. The van der Waals surface area contributed by atoms with Gasteiger partial charge in [0, 0.05) is 12.8 Å². The number of hydrogen-bond acceptors (Lipinski definition) is 1. The van der Waals surface area contributed by atoms with E-state index < -0.39 is 0 Å². The van der Waals surface area contributed by atoms with Crippen LogP contribution in [0.4, 0.5) is 0 Å². The Bertz CT molecular complexity index is 258. The number of unbranched alkanes of at least 4 members (excludes halogenated alkanes) is 1. The van der Waals surface area contributed by atoms with Crippen LogP contribution in [0.1, 0.15) is 46.0 Å². The van der Waals surface area contributed by atoms with Gasteiger partial charge in [0.2, 0.25) is 0 Å². The summed E-state index contributed by atoms with van der Waals surface area (Å²) < 4.78 is 0. The first kappa shape index (κ1) is 10.2. The number of ketones is 1. The van der Waals surface area contributed by atoms with Crippen LogP contribution in [0.3, 0.4) is 0 Å². The van der Waals surface area contributed by atoms with Crippen LogP contribution in [0.15, 0.2) is 23.3 Å². The van der Waals surface area contributed by atoms with E-state index in [-0.39, 0.29) is 0 Å². The Labute approximate surface area is 80.5 Å². The maximum Gasteiger partial charge on any atom is 0.141 e. The zero-order chi connectivity index (χ0) is 9.84. The molecular weight excluding hydrogens is 160 g/mol. The summed E-state index contributed by atoms with van der Waals surface area (Å²) in [5.74, 6) is 0.335. The number of rotatable bonds is 3. The minimum atomic E-state index is 0.335. The summed E-state index contributed by atoms with van der Waals surface area (Å²) in [7, 11) is 0. The molecule has 1 aliphatic carbocycles. The van der Waals surface area contributed by atoms with Gasteiger partial charge in [-0.2, -0.15) is 0 Å². The van der Waals surface area contributed by atoms with Crippen molar-refractivity contribution in [2.75, 3.05) is 0 Å². The Morgan fingerprint density at radius 3 is 2.69 bits per heavy atom. The molecule has 0 radical (unpaired) electrons. The predicted octanol–water partition coefficient (Wildman–Crippen LogP) is 3.41. The number of hydrogen-bond donors (Lipinski definition) is 0. The second-order valence-electron chi connectivity index (χ2n) is 3.83. The molecule has 0 saturated heterocycles. The van der Waals surface area contributed by atoms with E-state index in [4.69, 9.17) is 0 Å². The maximum atomic E-state index is 11.3. The average Bonchev–Trinajstić information content (AvgIpc) is 2.09. The Hall–Kier alpha value is -0.850. The van der Waals surface area contributed by atoms with Crippen LogP contribution in [0, 0.1) is 0 Å². The highest BCUT2D eigenvalue weighted by atomic mass is 16.1. The van der Waals surface area contributed by atoms with E-state index in [1.165, 1.54) is 24.0 Å². The van der Waals surface area contributed by atoms with Gasteiger partial charge in [-0.05, 0) is 30.9 Å². The van der Waals surface area contributed by atoms with Crippen molar-refractivity contribution in [3.63, 3.8) is 0 Å². The zero-order valence-corrected chi connectivity index (χ0v) is 8.65. The predicted molar refractivity (Wildman–Crippen MR) is 55.6 cm³/mol. The van der Waals surface area contributed by atoms with E-state index in [1.807, 2.05) is 0 Å². The zero-order valence-electron chi connectivity index (χ0n) is 8.65. The molecule has 0 bridgehead atoms. The summed E-state index contributed by atoms with van der Waals surface area (Å²) in [5, 5.41) is 0. The van der Waals surface area contributed by atoms with Crippen molar-refractivity contribution in [1.82, 2.24) is 0 Å².